The van der Waals surface area contributed by atoms with Crippen molar-refractivity contribution in [1.82, 2.24) is 0 Å². The van der Waals surface area contributed by atoms with Crippen LogP contribution in [0.4, 0.5) is 54.0 Å². The summed E-state index contributed by atoms with van der Waals surface area (Å²) >= 11 is 0.999. The van der Waals surface area contributed by atoms with Crippen LogP contribution in [0.2, 0.25) is 0 Å². The van der Waals surface area contributed by atoms with Crippen LogP contribution in [0.5, 0.6) is 5.75 Å². The highest BCUT2D eigenvalue weighted by molar-refractivity contribution is 14.1. The lowest BCUT2D eigenvalue weighted by molar-refractivity contribution is -0.577. The van der Waals surface area contributed by atoms with E-state index in [1.807, 2.05) is 5.32 Å². The summed E-state index contributed by atoms with van der Waals surface area (Å²) in [6.45, 7) is 0.0330. The number of aromatic nitrogens is 1. The van der Waals surface area contributed by atoms with Gasteiger partial charge in [0.1, 0.15) is 0 Å². The Balaban J connectivity index is 2.19. The Labute approximate surface area is 224 Å². The number of hydrogen-bond donors (Lipinski definition) is 1. The molecule has 212 valence electrons. The summed E-state index contributed by atoms with van der Waals surface area (Å²) in [6, 6.07) is 5.85. The van der Waals surface area contributed by atoms with E-state index in [0.29, 0.717) is 10.1 Å². The fourth-order valence-corrected chi connectivity index (χ4v) is 4.14. The fraction of sp³-hybridized carbons (Fsp3) is 0.273. The maximum absolute atomic E-state index is 15.0. The van der Waals surface area contributed by atoms with E-state index < -0.39 is 62.6 Å². The normalized spacial score (nSPS) is 14.7. The van der Waals surface area contributed by atoms with Crippen LogP contribution in [0.25, 0.3) is 10.9 Å². The summed E-state index contributed by atoms with van der Waals surface area (Å²) in [5.74, 6) is -9.81. The van der Waals surface area contributed by atoms with E-state index in [2.05, 4.69) is 4.74 Å². The summed E-state index contributed by atoms with van der Waals surface area (Å²) in [4.78, 5) is 12.8. The van der Waals surface area contributed by atoms with Crippen molar-refractivity contribution in [2.24, 2.45) is 0 Å². The first-order valence-corrected chi connectivity index (χ1v) is 11.2. The van der Waals surface area contributed by atoms with Crippen LogP contribution >= 0.6 is 22.6 Å². The number of pyridine rings is 1. The summed E-state index contributed by atoms with van der Waals surface area (Å²) < 4.78 is 153. The molecule has 0 spiro atoms. The van der Waals surface area contributed by atoms with Gasteiger partial charge in [0.05, 0.1) is 5.69 Å². The Kier molecular flexibility index (Phi) is 7.65. The smallest absolute Gasteiger partial charge is 0.457 e. The lowest BCUT2D eigenvalue weighted by Crippen LogP contribution is -2.59. The minimum atomic E-state index is -7.07. The summed E-state index contributed by atoms with van der Waals surface area (Å²) in [5, 5.41) is 14.3. The number of hydrogen-bond acceptors (Lipinski definition) is 3. The van der Waals surface area contributed by atoms with Gasteiger partial charge in [0, 0.05) is 39.1 Å². The minimum absolute atomic E-state index is 0.0330. The molecule has 1 aromatic heterocycles. The Morgan fingerprint density at radius 1 is 0.923 bits per heavy atom. The van der Waals surface area contributed by atoms with Gasteiger partial charge in [-0.1, -0.05) is 0 Å². The molecule has 1 amide bonds. The number of ether oxygens (including phenoxy) is 1. The van der Waals surface area contributed by atoms with E-state index in [4.69, 9.17) is 0 Å². The zero-order valence-corrected chi connectivity index (χ0v) is 21.0. The molecule has 39 heavy (non-hydrogen) atoms. The molecule has 1 atom stereocenters. The second-order valence-electron chi connectivity index (χ2n) is 8.03. The standard InChI is InChI=1S/C22H12F11IN2O3/c1-18(23,24)39-15-9-12(19(25,21(28,29)30)20(26,27)22(31,32)33)8-13(34)16(15)35-17(37)11-5-4-10-3-2-6-36(38)14(10)7-11/h2-9H,1H3,(H,35,37). The fourth-order valence-electron chi connectivity index (χ4n) is 3.40. The second kappa shape index (κ2) is 9.81. The third-order valence-corrected chi connectivity index (χ3v) is 6.04. The van der Waals surface area contributed by atoms with Crippen LogP contribution in [0.15, 0.2) is 48.7 Å². The Bertz CT molecular complexity index is 1420. The molecule has 0 saturated heterocycles. The van der Waals surface area contributed by atoms with Gasteiger partial charge < -0.3 is 15.3 Å². The van der Waals surface area contributed by atoms with Crippen molar-refractivity contribution in [2.45, 2.75) is 37.0 Å². The molecule has 2 aromatic carbocycles. The molecule has 0 radical (unpaired) electrons. The maximum Gasteiger partial charge on any atom is 0.457 e. The number of amides is 1. The van der Waals surface area contributed by atoms with Gasteiger partial charge in [-0.2, -0.15) is 48.6 Å². The van der Waals surface area contributed by atoms with Crippen LogP contribution in [0, 0.1) is 8.78 Å². The SMILES string of the molecule is CC(F)(F)Oc1cc(C(F)(C(F)(F)F)C(F)(F)C(F)(F)F)cc(I)c1NC(=O)c1ccc2ccc[n+]([O-])c2c1. The molecule has 1 N–H and O–H groups in total. The van der Waals surface area contributed by atoms with Crippen molar-refractivity contribution in [3.8, 4) is 5.75 Å². The number of alkyl halides is 11. The quantitative estimate of drug-likeness (QED) is 0.129. The number of carbonyl (C=O) groups excluding carboxylic acids is 1. The van der Waals surface area contributed by atoms with Gasteiger partial charge >= 0.3 is 30.1 Å². The van der Waals surface area contributed by atoms with Crippen molar-refractivity contribution in [3.63, 3.8) is 0 Å². The van der Waals surface area contributed by atoms with E-state index >= 15 is 0 Å². The summed E-state index contributed by atoms with van der Waals surface area (Å²) in [7, 11) is 0. The number of nitrogens with zero attached hydrogens (tertiary/aromatic N) is 1. The Hall–Kier alpha value is -3.12. The Morgan fingerprint density at radius 2 is 1.54 bits per heavy atom. The van der Waals surface area contributed by atoms with Crippen LogP contribution in [0.3, 0.4) is 0 Å². The van der Waals surface area contributed by atoms with Gasteiger partial charge in [0.2, 0.25) is 5.52 Å². The number of fused-ring (bicyclic) bond motifs is 1. The molecule has 17 heteroatoms. The minimum Gasteiger partial charge on any atom is -0.618 e. The molecule has 0 aliphatic rings. The van der Waals surface area contributed by atoms with Crippen LogP contribution in [0.1, 0.15) is 22.8 Å². The predicted octanol–water partition coefficient (Wildman–Crippen LogP) is 7.25. The van der Waals surface area contributed by atoms with Gasteiger partial charge in [-0.05, 0) is 52.9 Å². The van der Waals surface area contributed by atoms with Gasteiger partial charge in [0.25, 0.3) is 5.91 Å². The second-order valence-corrected chi connectivity index (χ2v) is 9.19. The molecule has 1 heterocycles. The number of carbonyl (C=O) groups is 1. The van der Waals surface area contributed by atoms with E-state index in [9.17, 15) is 58.3 Å². The third kappa shape index (κ3) is 5.62. The lowest BCUT2D eigenvalue weighted by Gasteiger charge is -2.36. The average molecular weight is 688 g/mol. The molecule has 3 rings (SSSR count). The van der Waals surface area contributed by atoms with Crippen molar-refractivity contribution in [3.05, 3.63) is 68.6 Å². The molecule has 1 unspecified atom stereocenters. The van der Waals surface area contributed by atoms with Gasteiger partial charge in [-0.3, -0.25) is 4.79 Å². The van der Waals surface area contributed by atoms with E-state index in [0.717, 1.165) is 40.9 Å². The molecule has 3 aromatic rings. The predicted molar refractivity (Wildman–Crippen MR) is 121 cm³/mol. The molecule has 0 bridgehead atoms. The van der Waals surface area contributed by atoms with E-state index in [1.54, 1.807) is 0 Å². The first-order valence-electron chi connectivity index (χ1n) is 10.1. The Morgan fingerprint density at radius 3 is 2.08 bits per heavy atom. The number of anilines is 1. The van der Waals surface area contributed by atoms with Gasteiger partial charge in [0.15, 0.2) is 11.9 Å². The molecule has 0 aliphatic heterocycles. The van der Waals surface area contributed by atoms with E-state index in [-0.39, 0.29) is 24.1 Å². The van der Waals surface area contributed by atoms with Crippen LogP contribution in [-0.4, -0.2) is 30.3 Å². The average Bonchev–Trinajstić information content (AvgIpc) is 2.77. The van der Waals surface area contributed by atoms with Crippen molar-refractivity contribution >= 4 is 45.1 Å². The first kappa shape index (κ1) is 30.4. The molecular formula is C22H12F11IN2O3. The monoisotopic (exact) mass is 688 g/mol. The zero-order valence-electron chi connectivity index (χ0n) is 18.8. The highest BCUT2D eigenvalue weighted by atomic mass is 127. The van der Waals surface area contributed by atoms with Crippen LogP contribution in [-0.2, 0) is 5.67 Å². The van der Waals surface area contributed by atoms with Gasteiger partial charge in [-0.25, -0.2) is 4.39 Å². The topological polar surface area (TPSA) is 65.3 Å². The van der Waals surface area contributed by atoms with Crippen molar-refractivity contribution < 1.29 is 62.6 Å². The first-order chi connectivity index (χ1) is 17.6. The maximum atomic E-state index is 15.0. The largest absolute Gasteiger partial charge is 0.618 e. The van der Waals surface area contributed by atoms with Crippen molar-refractivity contribution in [2.75, 3.05) is 5.32 Å². The highest BCUT2D eigenvalue weighted by Gasteiger charge is 2.81. The van der Waals surface area contributed by atoms with Crippen LogP contribution < -0.4 is 14.8 Å². The molecule has 0 saturated carbocycles. The number of benzene rings is 2. The highest BCUT2D eigenvalue weighted by Crippen LogP contribution is 2.59. The summed E-state index contributed by atoms with van der Waals surface area (Å²) in [5.41, 5.74) is -10.1. The third-order valence-electron chi connectivity index (χ3n) is 5.19. The van der Waals surface area contributed by atoms with Crippen molar-refractivity contribution in [1.29, 1.82) is 0 Å². The molecule has 0 aliphatic carbocycles. The number of rotatable bonds is 6. The summed E-state index contributed by atoms with van der Waals surface area (Å²) in [6.07, 6.45) is -17.2. The van der Waals surface area contributed by atoms with E-state index in [1.165, 1.54) is 18.2 Å². The zero-order chi connectivity index (χ0) is 29.8. The molecule has 5 nitrogen and oxygen atoms in total. The number of halogens is 12. The number of nitrogens with one attached hydrogen (secondary N) is 1. The van der Waals surface area contributed by atoms with Gasteiger partial charge in [-0.15, -0.1) is 0 Å². The molecule has 0 fully saturated rings. The lowest BCUT2D eigenvalue weighted by atomic mass is 9.87. The molecular weight excluding hydrogens is 676 g/mol.